The van der Waals surface area contributed by atoms with E-state index in [9.17, 15) is 4.39 Å². The SMILES string of the molecule is CC1CCc2c([nH]c3ccccc23)C(CC(C)(C)F)N1. The van der Waals surface area contributed by atoms with Crippen molar-refractivity contribution in [1.29, 1.82) is 0 Å². The maximum Gasteiger partial charge on any atom is 0.107 e. The van der Waals surface area contributed by atoms with E-state index in [1.165, 1.54) is 16.6 Å². The summed E-state index contributed by atoms with van der Waals surface area (Å²) in [7, 11) is 0. The van der Waals surface area contributed by atoms with Gasteiger partial charge in [-0.2, -0.15) is 0 Å². The second-order valence-corrected chi connectivity index (χ2v) is 6.64. The van der Waals surface area contributed by atoms with Crippen LogP contribution in [0.5, 0.6) is 0 Å². The summed E-state index contributed by atoms with van der Waals surface area (Å²) in [6.45, 7) is 5.51. The number of hydrogen-bond donors (Lipinski definition) is 2. The first-order valence-corrected chi connectivity index (χ1v) is 7.48. The molecular formula is C17H23FN2. The molecule has 0 amide bonds. The van der Waals surface area contributed by atoms with Gasteiger partial charge in [-0.3, -0.25) is 0 Å². The molecule has 20 heavy (non-hydrogen) atoms. The topological polar surface area (TPSA) is 27.8 Å². The molecule has 0 bridgehead atoms. The zero-order valence-corrected chi connectivity index (χ0v) is 12.5. The Hall–Kier alpha value is -1.35. The molecule has 1 aliphatic rings. The summed E-state index contributed by atoms with van der Waals surface area (Å²) in [5, 5.41) is 4.87. The Labute approximate surface area is 119 Å². The Morgan fingerprint density at radius 3 is 2.80 bits per heavy atom. The fourth-order valence-electron chi connectivity index (χ4n) is 3.30. The molecule has 2 aromatic rings. The van der Waals surface area contributed by atoms with Crippen LogP contribution in [-0.2, 0) is 6.42 Å². The van der Waals surface area contributed by atoms with Crippen molar-refractivity contribution in [3.8, 4) is 0 Å². The number of halogens is 1. The largest absolute Gasteiger partial charge is 0.357 e. The van der Waals surface area contributed by atoms with E-state index in [2.05, 4.69) is 35.4 Å². The maximum atomic E-state index is 14.1. The Bertz CT molecular complexity index is 609. The highest BCUT2D eigenvalue weighted by atomic mass is 19.1. The number of benzene rings is 1. The van der Waals surface area contributed by atoms with Crippen molar-refractivity contribution < 1.29 is 4.39 Å². The third-order valence-corrected chi connectivity index (χ3v) is 4.20. The Morgan fingerprint density at radius 2 is 2.05 bits per heavy atom. The minimum Gasteiger partial charge on any atom is -0.357 e. The highest BCUT2D eigenvalue weighted by Gasteiger charge is 2.30. The van der Waals surface area contributed by atoms with Gasteiger partial charge in [-0.15, -0.1) is 0 Å². The number of fused-ring (bicyclic) bond motifs is 3. The van der Waals surface area contributed by atoms with Gasteiger partial charge in [0.25, 0.3) is 0 Å². The number of aromatic nitrogens is 1. The van der Waals surface area contributed by atoms with Crippen molar-refractivity contribution in [1.82, 2.24) is 10.3 Å². The first-order chi connectivity index (χ1) is 9.44. The maximum absolute atomic E-state index is 14.1. The molecule has 1 aliphatic heterocycles. The number of hydrogen-bond acceptors (Lipinski definition) is 1. The summed E-state index contributed by atoms with van der Waals surface area (Å²) in [5.74, 6) is 0. The van der Waals surface area contributed by atoms with Crippen molar-refractivity contribution in [2.75, 3.05) is 0 Å². The van der Waals surface area contributed by atoms with Crippen LogP contribution in [0.2, 0.25) is 0 Å². The molecule has 0 radical (unpaired) electrons. The molecule has 2 unspecified atom stereocenters. The molecule has 2 heterocycles. The minimum absolute atomic E-state index is 0.0647. The van der Waals surface area contributed by atoms with Gasteiger partial charge in [-0.1, -0.05) is 18.2 Å². The number of aryl methyl sites for hydroxylation is 1. The fourth-order valence-corrected chi connectivity index (χ4v) is 3.30. The van der Waals surface area contributed by atoms with Gasteiger partial charge in [-0.05, 0) is 45.2 Å². The molecule has 108 valence electrons. The van der Waals surface area contributed by atoms with Gasteiger partial charge >= 0.3 is 0 Å². The van der Waals surface area contributed by atoms with Crippen molar-refractivity contribution in [2.45, 2.75) is 57.8 Å². The number of alkyl halides is 1. The van der Waals surface area contributed by atoms with Crippen LogP contribution in [0.4, 0.5) is 4.39 Å². The van der Waals surface area contributed by atoms with Gasteiger partial charge in [-0.25, -0.2) is 4.39 Å². The van der Waals surface area contributed by atoms with Crippen LogP contribution < -0.4 is 5.32 Å². The van der Waals surface area contributed by atoms with Crippen LogP contribution >= 0.6 is 0 Å². The molecule has 0 saturated heterocycles. The lowest BCUT2D eigenvalue weighted by molar-refractivity contribution is 0.174. The fraction of sp³-hybridized carbons (Fsp3) is 0.529. The third kappa shape index (κ3) is 2.59. The van der Waals surface area contributed by atoms with Gasteiger partial charge in [0.2, 0.25) is 0 Å². The van der Waals surface area contributed by atoms with Crippen LogP contribution in [-0.4, -0.2) is 16.7 Å². The van der Waals surface area contributed by atoms with Crippen LogP contribution in [0.15, 0.2) is 24.3 Å². The summed E-state index contributed by atoms with van der Waals surface area (Å²) in [6, 6.07) is 8.87. The quantitative estimate of drug-likeness (QED) is 0.841. The summed E-state index contributed by atoms with van der Waals surface area (Å²) >= 11 is 0. The van der Waals surface area contributed by atoms with E-state index in [1.54, 1.807) is 13.8 Å². The summed E-state index contributed by atoms with van der Waals surface area (Å²) in [6.07, 6.45) is 2.64. The average Bonchev–Trinajstić information content (AvgIpc) is 2.65. The molecule has 2 N–H and O–H groups in total. The second kappa shape index (κ2) is 4.88. The normalized spacial score (nSPS) is 23.6. The predicted octanol–water partition coefficient (Wildman–Crippen LogP) is 4.27. The Kier molecular flexibility index (Phi) is 3.33. The highest BCUT2D eigenvalue weighted by Crippen LogP contribution is 2.35. The lowest BCUT2D eigenvalue weighted by atomic mass is 9.96. The van der Waals surface area contributed by atoms with Crippen LogP contribution in [0, 0.1) is 0 Å². The van der Waals surface area contributed by atoms with E-state index in [0.29, 0.717) is 12.5 Å². The van der Waals surface area contributed by atoms with Crippen molar-refractivity contribution in [3.63, 3.8) is 0 Å². The monoisotopic (exact) mass is 274 g/mol. The van der Waals surface area contributed by atoms with Crippen molar-refractivity contribution in [2.24, 2.45) is 0 Å². The highest BCUT2D eigenvalue weighted by molar-refractivity contribution is 5.85. The first kappa shape index (κ1) is 13.6. The van der Waals surface area contributed by atoms with E-state index in [4.69, 9.17) is 0 Å². The Morgan fingerprint density at radius 1 is 1.30 bits per heavy atom. The predicted molar refractivity (Wildman–Crippen MR) is 81.8 cm³/mol. The number of para-hydroxylation sites is 1. The molecule has 0 saturated carbocycles. The second-order valence-electron chi connectivity index (χ2n) is 6.64. The van der Waals surface area contributed by atoms with E-state index in [0.717, 1.165) is 18.4 Å². The van der Waals surface area contributed by atoms with Gasteiger partial charge in [0.05, 0.1) is 6.04 Å². The summed E-state index contributed by atoms with van der Waals surface area (Å²) in [5.41, 5.74) is 2.54. The molecule has 1 aromatic carbocycles. The third-order valence-electron chi connectivity index (χ3n) is 4.20. The summed E-state index contributed by atoms with van der Waals surface area (Å²) < 4.78 is 14.1. The average molecular weight is 274 g/mol. The molecule has 3 rings (SSSR count). The van der Waals surface area contributed by atoms with Gasteiger partial charge in [0, 0.05) is 29.1 Å². The molecular weight excluding hydrogens is 251 g/mol. The van der Waals surface area contributed by atoms with Crippen molar-refractivity contribution in [3.05, 3.63) is 35.5 Å². The number of nitrogens with one attached hydrogen (secondary N) is 2. The van der Waals surface area contributed by atoms with Crippen LogP contribution in [0.1, 0.15) is 50.9 Å². The molecule has 3 heteroatoms. The van der Waals surface area contributed by atoms with Gasteiger partial charge < -0.3 is 10.3 Å². The number of aromatic amines is 1. The molecule has 1 aromatic heterocycles. The summed E-state index contributed by atoms with van der Waals surface area (Å²) in [4.78, 5) is 3.52. The number of rotatable bonds is 2. The molecule has 2 atom stereocenters. The molecule has 2 nitrogen and oxygen atoms in total. The van der Waals surface area contributed by atoms with E-state index < -0.39 is 5.67 Å². The lowest BCUT2D eigenvalue weighted by Crippen LogP contribution is -2.33. The van der Waals surface area contributed by atoms with Gasteiger partial charge in [0.15, 0.2) is 0 Å². The van der Waals surface area contributed by atoms with E-state index in [-0.39, 0.29) is 6.04 Å². The zero-order valence-electron chi connectivity index (χ0n) is 12.5. The molecule has 0 spiro atoms. The number of H-pyrrole nitrogens is 1. The van der Waals surface area contributed by atoms with Gasteiger partial charge in [0.1, 0.15) is 5.67 Å². The van der Waals surface area contributed by atoms with Crippen LogP contribution in [0.3, 0.4) is 0 Å². The van der Waals surface area contributed by atoms with Crippen LogP contribution in [0.25, 0.3) is 10.9 Å². The zero-order chi connectivity index (χ0) is 14.3. The first-order valence-electron chi connectivity index (χ1n) is 7.48. The lowest BCUT2D eigenvalue weighted by Gasteiger charge is -2.25. The van der Waals surface area contributed by atoms with E-state index >= 15 is 0 Å². The van der Waals surface area contributed by atoms with Crippen molar-refractivity contribution >= 4 is 10.9 Å². The smallest absolute Gasteiger partial charge is 0.107 e. The van der Waals surface area contributed by atoms with E-state index in [1.807, 2.05) is 6.07 Å². The molecule has 0 aliphatic carbocycles. The Balaban J connectivity index is 2.07. The minimum atomic E-state index is -1.17. The standard InChI is InChI=1S/C17H23FN2/c1-11-8-9-13-12-6-4-5-7-14(12)20-16(13)15(19-11)10-17(2,3)18/h4-7,11,15,19-20H,8-10H2,1-3H3. The molecule has 0 fully saturated rings.